The van der Waals surface area contributed by atoms with Crippen LogP contribution < -0.4 is 0 Å². The maximum atomic E-state index is 11.2. The fourth-order valence-corrected chi connectivity index (χ4v) is 1.43. The number of allylic oxidation sites excluding steroid dienone is 1. The first-order valence-corrected chi connectivity index (χ1v) is 9.31. The van der Waals surface area contributed by atoms with Gasteiger partial charge in [-0.05, 0) is 31.4 Å². The maximum absolute atomic E-state index is 11.2. The van der Waals surface area contributed by atoms with Crippen LogP contribution in [0.3, 0.4) is 0 Å². The van der Waals surface area contributed by atoms with E-state index in [1.54, 1.807) is 13.8 Å². The first-order chi connectivity index (χ1) is 12.7. The molecule has 0 amide bonds. The third-order valence-electron chi connectivity index (χ3n) is 2.33. The van der Waals surface area contributed by atoms with Crippen molar-refractivity contribution in [3.8, 4) is 0 Å². The zero-order valence-corrected chi connectivity index (χ0v) is 17.7. The second-order valence-electron chi connectivity index (χ2n) is 5.62. The Morgan fingerprint density at radius 3 is 1.93 bits per heavy atom. The minimum absolute atomic E-state index is 0.151. The van der Waals surface area contributed by atoms with Crippen LogP contribution in [-0.4, -0.2) is 49.3 Å². The van der Waals surface area contributed by atoms with Gasteiger partial charge in [-0.15, -0.1) is 23.2 Å². The Hall–Kier alpha value is -1.79. The summed E-state index contributed by atoms with van der Waals surface area (Å²) in [6.07, 6.45) is 1.89. The first kappa shape index (κ1) is 27.4. The van der Waals surface area contributed by atoms with Gasteiger partial charge >= 0.3 is 11.9 Å². The van der Waals surface area contributed by atoms with Crippen molar-refractivity contribution in [1.82, 2.24) is 0 Å². The molecule has 8 heteroatoms. The molecule has 0 aliphatic heterocycles. The van der Waals surface area contributed by atoms with E-state index >= 15 is 0 Å². The van der Waals surface area contributed by atoms with Crippen LogP contribution in [0, 0.1) is 0 Å². The molecule has 0 aromatic carbocycles. The van der Waals surface area contributed by atoms with Crippen molar-refractivity contribution in [3.63, 3.8) is 0 Å². The lowest BCUT2D eigenvalue weighted by molar-refractivity contribution is -0.144. The number of rotatable bonds is 12. The Morgan fingerprint density at radius 2 is 1.48 bits per heavy atom. The van der Waals surface area contributed by atoms with Crippen LogP contribution in [0.25, 0.3) is 0 Å². The van der Waals surface area contributed by atoms with E-state index < -0.39 is 11.9 Å². The van der Waals surface area contributed by atoms with E-state index in [0.29, 0.717) is 12.4 Å². The molecule has 27 heavy (non-hydrogen) atoms. The minimum Gasteiger partial charge on any atom is -0.496 e. The second kappa shape index (κ2) is 17.6. The lowest BCUT2D eigenvalue weighted by Crippen LogP contribution is -2.12. The molecule has 0 N–H and O–H groups in total. The highest BCUT2D eigenvalue weighted by Crippen LogP contribution is 2.02. The van der Waals surface area contributed by atoms with Gasteiger partial charge in [0.05, 0.1) is 24.4 Å². The van der Waals surface area contributed by atoms with Crippen molar-refractivity contribution in [2.45, 2.75) is 33.6 Å². The van der Waals surface area contributed by atoms with Crippen molar-refractivity contribution in [3.05, 3.63) is 36.1 Å². The van der Waals surface area contributed by atoms with E-state index in [1.165, 1.54) is 6.08 Å². The summed E-state index contributed by atoms with van der Waals surface area (Å²) in [6, 6.07) is 0. The summed E-state index contributed by atoms with van der Waals surface area (Å²) >= 11 is 10.8. The van der Waals surface area contributed by atoms with Gasteiger partial charge in [0.15, 0.2) is 5.78 Å². The molecule has 0 spiro atoms. The molecular formula is C19H28Cl2O6. The van der Waals surface area contributed by atoms with Crippen LogP contribution in [0.5, 0.6) is 0 Å². The Morgan fingerprint density at radius 1 is 0.926 bits per heavy atom. The molecule has 0 aromatic rings. The second-order valence-corrected chi connectivity index (χ2v) is 6.16. The van der Waals surface area contributed by atoms with E-state index in [4.69, 9.17) is 32.7 Å². The number of ketones is 1. The Kier molecular flexibility index (Phi) is 17.9. The molecule has 0 saturated heterocycles. The number of hydrogen-bond donors (Lipinski definition) is 0. The molecule has 0 aromatic heterocycles. The molecular weight excluding hydrogens is 395 g/mol. The third-order valence-corrected chi connectivity index (χ3v) is 2.89. The van der Waals surface area contributed by atoms with E-state index in [0.717, 1.165) is 17.6 Å². The Balaban J connectivity index is 0. The largest absolute Gasteiger partial charge is 0.496 e. The molecule has 0 bridgehead atoms. The molecule has 0 aliphatic carbocycles. The molecule has 0 radical (unpaired) electrons. The van der Waals surface area contributed by atoms with Gasteiger partial charge in [-0.1, -0.05) is 20.1 Å². The number of halogens is 2. The predicted molar refractivity (Wildman–Crippen MR) is 107 cm³/mol. The monoisotopic (exact) mass is 422 g/mol. The van der Waals surface area contributed by atoms with E-state index in [1.807, 2.05) is 6.92 Å². The third kappa shape index (κ3) is 20.4. The van der Waals surface area contributed by atoms with Gasteiger partial charge in [0.1, 0.15) is 25.4 Å². The van der Waals surface area contributed by atoms with Gasteiger partial charge < -0.3 is 14.2 Å². The SMILES string of the molecule is C=C(C)COC(=O)/C=C(\CCl)OCCC.C=C(C)COC(=O)CC(=O)CCl. The van der Waals surface area contributed by atoms with Crippen molar-refractivity contribution >= 4 is 40.9 Å². The predicted octanol–water partition coefficient (Wildman–Crippen LogP) is 3.96. The van der Waals surface area contributed by atoms with Gasteiger partial charge in [0.25, 0.3) is 0 Å². The van der Waals surface area contributed by atoms with Gasteiger partial charge in [-0.2, -0.15) is 0 Å². The smallest absolute Gasteiger partial charge is 0.334 e. The Labute approximate surface area is 171 Å². The summed E-state index contributed by atoms with van der Waals surface area (Å²) in [5.74, 6) is -0.883. The molecule has 0 fully saturated rings. The van der Waals surface area contributed by atoms with Crippen LogP contribution >= 0.6 is 23.2 Å². The lowest BCUT2D eigenvalue weighted by Gasteiger charge is -2.06. The molecule has 0 saturated carbocycles. The standard InChI is InChI=1S/C11H17ClO3.C8H11ClO3/c1-4-5-14-10(7-12)6-11(13)15-8-9(2)3;1-6(2)5-12-8(11)3-7(10)4-9/h6H,2,4-5,7-8H2,1,3H3;1,3-5H2,2H3/b10-6+;. The average molecular weight is 423 g/mol. The van der Waals surface area contributed by atoms with Crippen molar-refractivity contribution < 1.29 is 28.6 Å². The maximum Gasteiger partial charge on any atom is 0.334 e. The lowest BCUT2D eigenvalue weighted by atomic mass is 10.3. The zero-order valence-electron chi connectivity index (χ0n) is 16.1. The highest BCUT2D eigenvalue weighted by Gasteiger charge is 2.08. The molecule has 0 atom stereocenters. The van der Waals surface area contributed by atoms with Gasteiger partial charge in [0, 0.05) is 0 Å². The van der Waals surface area contributed by atoms with Gasteiger partial charge in [0.2, 0.25) is 0 Å². The van der Waals surface area contributed by atoms with E-state index in [2.05, 4.69) is 17.9 Å². The van der Waals surface area contributed by atoms with Crippen LogP contribution in [0.2, 0.25) is 0 Å². The summed E-state index contributed by atoms with van der Waals surface area (Å²) < 4.78 is 14.7. The van der Waals surface area contributed by atoms with Crippen molar-refractivity contribution in [1.29, 1.82) is 0 Å². The van der Waals surface area contributed by atoms with Gasteiger partial charge in [-0.3, -0.25) is 9.59 Å². The van der Waals surface area contributed by atoms with Gasteiger partial charge in [-0.25, -0.2) is 4.79 Å². The van der Waals surface area contributed by atoms with Crippen LogP contribution in [0.15, 0.2) is 36.1 Å². The topological polar surface area (TPSA) is 78.9 Å². The Bertz CT molecular complexity index is 540. The molecule has 154 valence electrons. The molecule has 0 unspecified atom stereocenters. The normalized spacial score (nSPS) is 10.2. The number of esters is 2. The summed E-state index contributed by atoms with van der Waals surface area (Å²) in [5.41, 5.74) is 1.53. The highest BCUT2D eigenvalue weighted by molar-refractivity contribution is 6.28. The van der Waals surface area contributed by atoms with Crippen molar-refractivity contribution in [2.75, 3.05) is 31.6 Å². The molecule has 0 rings (SSSR count). The summed E-state index contributed by atoms with van der Waals surface area (Å²) in [5, 5.41) is 0. The number of hydrogen-bond acceptors (Lipinski definition) is 6. The molecule has 0 aliphatic rings. The molecule has 0 heterocycles. The zero-order chi connectivity index (χ0) is 21.2. The van der Waals surface area contributed by atoms with Crippen molar-refractivity contribution in [2.24, 2.45) is 0 Å². The first-order valence-electron chi connectivity index (χ1n) is 8.24. The average Bonchev–Trinajstić information content (AvgIpc) is 2.62. The summed E-state index contributed by atoms with van der Waals surface area (Å²) in [6.45, 7) is 13.6. The van der Waals surface area contributed by atoms with Crippen LogP contribution in [0.4, 0.5) is 0 Å². The molecule has 6 nitrogen and oxygen atoms in total. The van der Waals surface area contributed by atoms with Crippen LogP contribution in [-0.2, 0) is 28.6 Å². The van der Waals surface area contributed by atoms with E-state index in [9.17, 15) is 14.4 Å². The quantitative estimate of drug-likeness (QED) is 0.118. The van der Waals surface area contributed by atoms with Crippen LogP contribution in [0.1, 0.15) is 33.6 Å². The fourth-order valence-electron chi connectivity index (χ4n) is 1.18. The highest BCUT2D eigenvalue weighted by atomic mass is 35.5. The number of carbonyl (C=O) groups is 3. The number of ether oxygens (including phenoxy) is 3. The summed E-state index contributed by atoms with van der Waals surface area (Å²) in [4.78, 5) is 32.6. The minimum atomic E-state index is -0.552. The number of carbonyl (C=O) groups excluding carboxylic acids is 3. The van der Waals surface area contributed by atoms with E-state index in [-0.39, 0.29) is 37.2 Å². The fraction of sp³-hybridized carbons (Fsp3) is 0.526. The summed E-state index contributed by atoms with van der Waals surface area (Å²) in [7, 11) is 0. The number of alkyl halides is 2. The number of Topliss-reactive ketones (excluding diaryl/α,β-unsaturated/α-hetero) is 1.